The second-order valence-corrected chi connectivity index (χ2v) is 5.08. The number of rotatable bonds is 4. The summed E-state index contributed by atoms with van der Waals surface area (Å²) in [4.78, 5) is 30.3. The Morgan fingerprint density at radius 2 is 2.09 bits per heavy atom. The average Bonchev–Trinajstić information content (AvgIpc) is 2.54. The molecule has 1 heterocycles. The van der Waals surface area contributed by atoms with Crippen molar-refractivity contribution in [1.29, 1.82) is 0 Å². The molecule has 1 aromatic heterocycles. The molecule has 0 atom stereocenters. The fourth-order valence-electron chi connectivity index (χ4n) is 2.38. The zero-order valence-corrected chi connectivity index (χ0v) is 12.4. The molecule has 0 aliphatic heterocycles. The Bertz CT molecular complexity index is 947. The second kappa shape index (κ2) is 5.92. The van der Waals surface area contributed by atoms with E-state index in [1.807, 2.05) is 24.3 Å². The molecule has 0 aliphatic rings. The van der Waals surface area contributed by atoms with Crippen molar-refractivity contribution in [2.75, 3.05) is 7.11 Å². The van der Waals surface area contributed by atoms with E-state index in [1.165, 1.54) is 12.1 Å². The molecule has 0 amide bonds. The number of hydrogen-bond donors (Lipinski definition) is 2. The molecule has 0 bridgehead atoms. The SMILES string of the molecule is COc1cccc(Cc2nc3ccc(C(=O)O)cc3c(=O)[nH]2)c1. The lowest BCUT2D eigenvalue weighted by atomic mass is 10.1. The van der Waals surface area contributed by atoms with Gasteiger partial charge in [-0.25, -0.2) is 9.78 Å². The Labute approximate surface area is 131 Å². The average molecular weight is 310 g/mol. The number of methoxy groups -OCH3 is 1. The fourth-order valence-corrected chi connectivity index (χ4v) is 2.38. The molecule has 0 fully saturated rings. The first-order valence-electron chi connectivity index (χ1n) is 6.96. The lowest BCUT2D eigenvalue weighted by Crippen LogP contribution is -2.13. The second-order valence-electron chi connectivity index (χ2n) is 5.08. The van der Waals surface area contributed by atoms with Crippen LogP contribution in [0.3, 0.4) is 0 Å². The monoisotopic (exact) mass is 310 g/mol. The molecule has 116 valence electrons. The van der Waals surface area contributed by atoms with E-state index in [2.05, 4.69) is 9.97 Å². The minimum Gasteiger partial charge on any atom is -0.497 e. The third-order valence-corrected chi connectivity index (χ3v) is 3.51. The molecule has 0 unspecified atom stereocenters. The summed E-state index contributed by atoms with van der Waals surface area (Å²) in [5, 5.41) is 9.25. The van der Waals surface area contributed by atoms with Gasteiger partial charge in [-0.2, -0.15) is 0 Å². The first kappa shape index (κ1) is 14.8. The van der Waals surface area contributed by atoms with Crippen LogP contribution in [0, 0.1) is 0 Å². The van der Waals surface area contributed by atoms with Gasteiger partial charge in [0.25, 0.3) is 5.56 Å². The van der Waals surface area contributed by atoms with Crippen molar-refractivity contribution in [1.82, 2.24) is 9.97 Å². The molecule has 3 rings (SSSR count). The summed E-state index contributed by atoms with van der Waals surface area (Å²) in [7, 11) is 1.59. The van der Waals surface area contributed by atoms with Gasteiger partial charge in [0.1, 0.15) is 11.6 Å². The Morgan fingerprint density at radius 1 is 1.26 bits per heavy atom. The zero-order valence-electron chi connectivity index (χ0n) is 12.4. The third-order valence-electron chi connectivity index (χ3n) is 3.51. The van der Waals surface area contributed by atoms with Crippen molar-refractivity contribution < 1.29 is 14.6 Å². The van der Waals surface area contributed by atoms with Crippen LogP contribution in [-0.4, -0.2) is 28.2 Å². The van der Waals surface area contributed by atoms with Crippen LogP contribution in [0.2, 0.25) is 0 Å². The number of aromatic nitrogens is 2. The van der Waals surface area contributed by atoms with Crippen LogP contribution in [0.15, 0.2) is 47.3 Å². The number of carboxylic acid groups (broad SMARTS) is 1. The van der Waals surface area contributed by atoms with Gasteiger partial charge in [-0.05, 0) is 35.9 Å². The minimum absolute atomic E-state index is 0.0605. The normalized spacial score (nSPS) is 10.7. The maximum Gasteiger partial charge on any atom is 0.335 e. The first-order chi connectivity index (χ1) is 11.1. The Balaban J connectivity index is 2.01. The smallest absolute Gasteiger partial charge is 0.335 e. The highest BCUT2D eigenvalue weighted by Crippen LogP contribution is 2.16. The third kappa shape index (κ3) is 3.06. The van der Waals surface area contributed by atoms with E-state index in [9.17, 15) is 9.59 Å². The topological polar surface area (TPSA) is 92.3 Å². The van der Waals surface area contributed by atoms with Crippen LogP contribution in [0.25, 0.3) is 10.9 Å². The van der Waals surface area contributed by atoms with E-state index in [4.69, 9.17) is 9.84 Å². The van der Waals surface area contributed by atoms with Crippen LogP contribution >= 0.6 is 0 Å². The van der Waals surface area contributed by atoms with Gasteiger partial charge in [0, 0.05) is 6.42 Å². The summed E-state index contributed by atoms with van der Waals surface area (Å²) in [5.41, 5.74) is 1.13. The van der Waals surface area contributed by atoms with Gasteiger partial charge >= 0.3 is 5.97 Å². The number of H-pyrrole nitrogens is 1. The molecule has 0 radical (unpaired) electrons. The van der Waals surface area contributed by atoms with E-state index < -0.39 is 5.97 Å². The maximum atomic E-state index is 12.2. The van der Waals surface area contributed by atoms with Crippen LogP contribution in [-0.2, 0) is 6.42 Å². The van der Waals surface area contributed by atoms with Gasteiger partial charge in [-0.3, -0.25) is 4.79 Å². The Kier molecular flexibility index (Phi) is 3.80. The van der Waals surface area contributed by atoms with E-state index in [1.54, 1.807) is 13.2 Å². The van der Waals surface area contributed by atoms with E-state index in [0.717, 1.165) is 11.3 Å². The maximum absolute atomic E-state index is 12.2. The molecule has 0 spiro atoms. The summed E-state index contributed by atoms with van der Waals surface area (Å²) in [6.07, 6.45) is 0.447. The van der Waals surface area contributed by atoms with E-state index in [-0.39, 0.29) is 16.5 Å². The number of fused-ring (bicyclic) bond motifs is 1. The lowest BCUT2D eigenvalue weighted by molar-refractivity contribution is 0.0697. The molecule has 23 heavy (non-hydrogen) atoms. The number of nitrogens with zero attached hydrogens (tertiary/aromatic N) is 1. The van der Waals surface area contributed by atoms with E-state index >= 15 is 0 Å². The molecule has 0 aliphatic carbocycles. The summed E-state index contributed by atoms with van der Waals surface area (Å²) < 4.78 is 5.17. The van der Waals surface area contributed by atoms with Gasteiger partial charge in [-0.15, -0.1) is 0 Å². The minimum atomic E-state index is -1.08. The van der Waals surface area contributed by atoms with Crippen molar-refractivity contribution >= 4 is 16.9 Å². The van der Waals surface area contributed by atoms with E-state index in [0.29, 0.717) is 17.8 Å². The van der Waals surface area contributed by atoms with Crippen molar-refractivity contribution in [2.45, 2.75) is 6.42 Å². The molecular weight excluding hydrogens is 296 g/mol. The van der Waals surface area contributed by atoms with Gasteiger partial charge in [0.05, 0.1) is 23.6 Å². The predicted octanol–water partition coefficient (Wildman–Crippen LogP) is 2.22. The number of ether oxygens (including phenoxy) is 1. The number of benzene rings is 2. The van der Waals surface area contributed by atoms with Crippen LogP contribution in [0.1, 0.15) is 21.7 Å². The number of aromatic carboxylic acids is 1. The highest BCUT2D eigenvalue weighted by molar-refractivity contribution is 5.92. The van der Waals surface area contributed by atoms with Crippen molar-refractivity contribution in [3.05, 3.63) is 69.8 Å². The molecule has 0 saturated carbocycles. The van der Waals surface area contributed by atoms with Crippen LogP contribution in [0.5, 0.6) is 5.75 Å². The molecular formula is C17H14N2O4. The summed E-state index contributed by atoms with van der Waals surface area (Å²) in [6.45, 7) is 0. The predicted molar refractivity (Wildman–Crippen MR) is 85.1 cm³/mol. The number of aromatic amines is 1. The quantitative estimate of drug-likeness (QED) is 0.771. The lowest BCUT2D eigenvalue weighted by Gasteiger charge is -2.06. The van der Waals surface area contributed by atoms with Gasteiger partial charge in [0.2, 0.25) is 0 Å². The Morgan fingerprint density at radius 3 is 2.83 bits per heavy atom. The molecule has 3 aromatic rings. The number of nitrogens with one attached hydrogen (secondary N) is 1. The number of hydrogen-bond acceptors (Lipinski definition) is 4. The zero-order chi connectivity index (χ0) is 16.4. The molecule has 2 aromatic carbocycles. The van der Waals surface area contributed by atoms with Crippen molar-refractivity contribution in [2.24, 2.45) is 0 Å². The summed E-state index contributed by atoms with van der Waals surface area (Å²) >= 11 is 0. The van der Waals surface area contributed by atoms with Gasteiger partial charge in [-0.1, -0.05) is 12.1 Å². The van der Waals surface area contributed by atoms with Crippen LogP contribution in [0.4, 0.5) is 0 Å². The molecule has 6 heteroatoms. The van der Waals surface area contributed by atoms with Gasteiger partial charge in [0.15, 0.2) is 0 Å². The molecule has 6 nitrogen and oxygen atoms in total. The Hall–Kier alpha value is -3.15. The highest BCUT2D eigenvalue weighted by atomic mass is 16.5. The molecule has 2 N–H and O–H groups in total. The standard InChI is InChI=1S/C17H14N2O4/c1-23-12-4-2-3-10(7-12)8-15-18-14-6-5-11(17(21)22)9-13(14)16(20)19-15/h2-7,9H,8H2,1H3,(H,21,22)(H,18,19,20). The fraction of sp³-hybridized carbons (Fsp3) is 0.118. The van der Waals surface area contributed by atoms with Gasteiger partial charge < -0.3 is 14.8 Å². The highest BCUT2D eigenvalue weighted by Gasteiger charge is 2.09. The molecule has 0 saturated heterocycles. The largest absolute Gasteiger partial charge is 0.497 e. The van der Waals surface area contributed by atoms with Crippen molar-refractivity contribution in [3.63, 3.8) is 0 Å². The summed E-state index contributed by atoms with van der Waals surface area (Å²) in [5.74, 6) is 0.169. The number of carboxylic acids is 1. The first-order valence-corrected chi connectivity index (χ1v) is 6.96. The van der Waals surface area contributed by atoms with Crippen LogP contribution < -0.4 is 10.3 Å². The summed E-state index contributed by atoms with van der Waals surface area (Å²) in [6, 6.07) is 11.8. The van der Waals surface area contributed by atoms with Crippen molar-refractivity contribution in [3.8, 4) is 5.75 Å². The number of carbonyl (C=O) groups is 1.